The maximum atomic E-state index is 6.53. The highest BCUT2D eigenvalue weighted by Gasteiger charge is 2.33. The molecule has 0 saturated carbocycles. The molecule has 0 N–H and O–H groups in total. The van der Waals surface area contributed by atoms with E-state index in [2.05, 4.69) is 138 Å². The Labute approximate surface area is 238 Å². The molecule has 0 atom stereocenters. The molecule has 1 aliphatic carbocycles. The van der Waals surface area contributed by atoms with E-state index in [0.29, 0.717) is 7.48 Å². The molecule has 1 aromatic heterocycles. The Bertz CT molecular complexity index is 1790. The maximum Gasteiger partial charge on any atom is 0.306 e. The molecule has 1 aliphatic rings. The average molecular weight is 525 g/mol. The smallest absolute Gasteiger partial charge is 0.306 e. The highest BCUT2D eigenvalue weighted by atomic mass is 16.5. The quantitative estimate of drug-likeness (QED) is 0.209. The van der Waals surface area contributed by atoms with Crippen LogP contribution in [0.2, 0.25) is 0 Å². The Morgan fingerprint density at radius 3 is 1.93 bits per heavy atom. The molecule has 0 radical (unpaired) electrons. The Morgan fingerprint density at radius 1 is 0.650 bits per heavy atom. The minimum absolute atomic E-state index is 0.0513. The molecular formula is C37H37BO2. The van der Waals surface area contributed by atoms with E-state index in [4.69, 9.17) is 9.07 Å². The summed E-state index contributed by atoms with van der Waals surface area (Å²) in [6, 6.07) is 34.8. The van der Waals surface area contributed by atoms with Crippen LogP contribution in [0.25, 0.3) is 55.9 Å². The van der Waals surface area contributed by atoms with E-state index >= 15 is 0 Å². The molecule has 0 bridgehead atoms. The predicted molar refractivity (Wildman–Crippen MR) is 171 cm³/mol. The first-order valence-corrected chi connectivity index (χ1v) is 14.3. The van der Waals surface area contributed by atoms with Crippen molar-refractivity contribution in [1.29, 1.82) is 0 Å². The summed E-state index contributed by atoms with van der Waals surface area (Å²) in [6.07, 6.45) is 4.22. The summed E-state index contributed by atoms with van der Waals surface area (Å²) in [4.78, 5) is 0. The van der Waals surface area contributed by atoms with Gasteiger partial charge in [-0.3, -0.25) is 0 Å². The standard InChI is InChI=1S/C37H37BO2/c1-36(2,3)37(4,5)40-38-32-15-10-16-34-35(32)31-24-30(21-22-33(31)39-34)29-14-9-13-28(23-29)27-19-17-26(18-20-27)25-11-7-6-8-12-25/h6-9,11-14,16-24,38H,10,15H2,1-5H3. The van der Waals surface area contributed by atoms with Crippen molar-refractivity contribution >= 4 is 30.0 Å². The molecule has 0 saturated heterocycles. The van der Waals surface area contributed by atoms with E-state index in [1.54, 1.807) is 0 Å². The molecule has 5 aromatic rings. The van der Waals surface area contributed by atoms with Gasteiger partial charge < -0.3 is 9.07 Å². The minimum atomic E-state index is -0.230. The third-order valence-corrected chi connectivity index (χ3v) is 8.78. The van der Waals surface area contributed by atoms with E-state index in [-0.39, 0.29) is 11.0 Å². The summed E-state index contributed by atoms with van der Waals surface area (Å²) in [5.41, 5.74) is 10.4. The van der Waals surface area contributed by atoms with Crippen LogP contribution in [0.3, 0.4) is 0 Å². The molecule has 40 heavy (non-hydrogen) atoms. The van der Waals surface area contributed by atoms with Gasteiger partial charge in [-0.05, 0) is 89.8 Å². The zero-order valence-electron chi connectivity index (χ0n) is 24.3. The van der Waals surface area contributed by atoms with Gasteiger partial charge in [0.05, 0.1) is 5.60 Å². The van der Waals surface area contributed by atoms with Crippen LogP contribution in [-0.2, 0) is 4.65 Å². The minimum Gasteiger partial charge on any atom is -0.456 e. The van der Waals surface area contributed by atoms with Gasteiger partial charge in [0.1, 0.15) is 11.0 Å². The highest BCUT2D eigenvalue weighted by Crippen LogP contribution is 2.34. The number of hydrogen-bond acceptors (Lipinski definition) is 2. The maximum absolute atomic E-state index is 6.53. The van der Waals surface area contributed by atoms with Crippen LogP contribution in [0.5, 0.6) is 0 Å². The van der Waals surface area contributed by atoms with Gasteiger partial charge in [0, 0.05) is 10.6 Å². The zero-order valence-corrected chi connectivity index (χ0v) is 24.3. The third kappa shape index (κ3) is 5.07. The van der Waals surface area contributed by atoms with Crippen molar-refractivity contribution in [3.63, 3.8) is 0 Å². The van der Waals surface area contributed by atoms with Crippen LogP contribution in [0.4, 0.5) is 0 Å². The van der Waals surface area contributed by atoms with E-state index in [0.717, 1.165) is 23.8 Å². The number of fused-ring (bicyclic) bond motifs is 3. The summed E-state index contributed by atoms with van der Waals surface area (Å²) in [6.45, 7) is 11.1. The van der Waals surface area contributed by atoms with E-state index in [1.807, 2.05) is 0 Å². The number of furan rings is 1. The molecule has 2 nitrogen and oxygen atoms in total. The van der Waals surface area contributed by atoms with E-state index < -0.39 is 0 Å². The predicted octanol–water partition coefficient (Wildman–Crippen LogP) is 8.31. The molecule has 0 amide bonds. The zero-order chi connectivity index (χ0) is 27.9. The second kappa shape index (κ2) is 10.3. The van der Waals surface area contributed by atoms with Crippen LogP contribution >= 0.6 is 0 Å². The van der Waals surface area contributed by atoms with Gasteiger partial charge in [0.2, 0.25) is 0 Å². The Kier molecular flexibility index (Phi) is 6.80. The van der Waals surface area contributed by atoms with Crippen molar-refractivity contribution in [2.75, 3.05) is 0 Å². The summed E-state index contributed by atoms with van der Waals surface area (Å²) in [7, 11) is 0.623. The first kappa shape index (κ1) is 26.4. The lowest BCUT2D eigenvalue weighted by Crippen LogP contribution is -2.41. The number of rotatable bonds is 6. The molecule has 200 valence electrons. The Morgan fingerprint density at radius 2 is 1.23 bits per heavy atom. The van der Waals surface area contributed by atoms with Crippen LogP contribution in [0, 0.1) is 5.41 Å². The van der Waals surface area contributed by atoms with Gasteiger partial charge in [-0.1, -0.05) is 105 Å². The van der Waals surface area contributed by atoms with Crippen molar-refractivity contribution in [2.45, 2.75) is 53.1 Å². The normalized spacial score (nSPS) is 13.7. The molecule has 0 unspecified atom stereocenters. The molecule has 3 heteroatoms. The van der Waals surface area contributed by atoms with E-state index in [1.165, 1.54) is 49.5 Å². The van der Waals surface area contributed by atoms with Crippen LogP contribution in [-0.4, -0.2) is 13.1 Å². The molecule has 0 spiro atoms. The molecule has 0 fully saturated rings. The summed E-state index contributed by atoms with van der Waals surface area (Å²) in [5, 5.41) is 2.40. The molecule has 6 rings (SSSR count). The summed E-state index contributed by atoms with van der Waals surface area (Å²) in [5.74, 6) is 0. The second-order valence-corrected chi connectivity index (χ2v) is 12.5. The van der Waals surface area contributed by atoms with Crippen molar-refractivity contribution in [3.05, 3.63) is 108 Å². The average Bonchev–Trinajstić information content (AvgIpc) is 3.35. The largest absolute Gasteiger partial charge is 0.456 e. The van der Waals surface area contributed by atoms with Gasteiger partial charge in [0.25, 0.3) is 0 Å². The summed E-state index contributed by atoms with van der Waals surface area (Å²) < 4.78 is 12.9. The summed E-state index contributed by atoms with van der Waals surface area (Å²) >= 11 is 0. The molecule has 1 heterocycles. The fraction of sp³-hybridized carbons (Fsp3) is 0.243. The molecule has 0 aliphatic heterocycles. The van der Waals surface area contributed by atoms with Crippen molar-refractivity contribution in [1.82, 2.24) is 0 Å². The van der Waals surface area contributed by atoms with Gasteiger partial charge in [-0.2, -0.15) is 0 Å². The topological polar surface area (TPSA) is 22.4 Å². The van der Waals surface area contributed by atoms with Crippen LogP contribution < -0.4 is 10.6 Å². The van der Waals surface area contributed by atoms with Gasteiger partial charge in [-0.25, -0.2) is 0 Å². The first-order chi connectivity index (χ1) is 19.2. The number of hydrogen-bond donors (Lipinski definition) is 0. The number of benzene rings is 4. The van der Waals surface area contributed by atoms with E-state index in [9.17, 15) is 0 Å². The fourth-order valence-corrected chi connectivity index (χ4v) is 5.30. The van der Waals surface area contributed by atoms with Gasteiger partial charge in [0.15, 0.2) is 0 Å². The lowest BCUT2D eigenvalue weighted by atomic mass is 9.74. The first-order valence-electron chi connectivity index (χ1n) is 14.3. The monoisotopic (exact) mass is 524 g/mol. The lowest BCUT2D eigenvalue weighted by Gasteiger charge is -2.39. The Hall–Kier alpha value is -3.82. The third-order valence-electron chi connectivity index (χ3n) is 8.78. The lowest BCUT2D eigenvalue weighted by molar-refractivity contribution is 0.00505. The second-order valence-electron chi connectivity index (χ2n) is 12.5. The van der Waals surface area contributed by atoms with Crippen molar-refractivity contribution in [3.8, 4) is 33.4 Å². The molecule has 4 aromatic carbocycles. The van der Waals surface area contributed by atoms with Crippen LogP contribution in [0.15, 0.2) is 101 Å². The molecular weight excluding hydrogens is 487 g/mol. The highest BCUT2D eigenvalue weighted by molar-refractivity contribution is 6.52. The van der Waals surface area contributed by atoms with Crippen molar-refractivity contribution in [2.24, 2.45) is 5.41 Å². The van der Waals surface area contributed by atoms with Crippen LogP contribution in [0.1, 0.15) is 47.5 Å². The van der Waals surface area contributed by atoms with Gasteiger partial charge >= 0.3 is 7.48 Å². The SMILES string of the molecule is CC(C)(C)C(C)(C)OBC1=c2c(oc3ccc(-c4cccc(-c5ccc(-c6ccccc6)cc5)c4)cc23)=CCC1. The Balaban J connectivity index is 1.35. The fourth-order valence-electron chi connectivity index (χ4n) is 5.30. The van der Waals surface area contributed by atoms with Gasteiger partial charge in [-0.15, -0.1) is 0 Å². The van der Waals surface area contributed by atoms with Crippen molar-refractivity contribution < 1.29 is 9.07 Å².